The van der Waals surface area contributed by atoms with Crippen molar-refractivity contribution in [1.29, 1.82) is 0 Å². The van der Waals surface area contributed by atoms with Gasteiger partial charge in [0.05, 0.1) is 22.0 Å². The molecule has 0 atom stereocenters. The zero-order valence-corrected chi connectivity index (χ0v) is 16.2. The van der Waals surface area contributed by atoms with E-state index in [0.717, 1.165) is 0 Å². The zero-order chi connectivity index (χ0) is 19.3. The fourth-order valence-electron chi connectivity index (χ4n) is 3.07. The van der Waals surface area contributed by atoms with Crippen LogP contribution in [0.2, 0.25) is 10.2 Å². The lowest BCUT2D eigenvalue weighted by atomic mass is 10.2. The number of hydrogen-bond donors (Lipinski definition) is 1. The minimum absolute atomic E-state index is 0.0367. The van der Waals surface area contributed by atoms with Gasteiger partial charge in [-0.1, -0.05) is 23.2 Å². The maximum atomic E-state index is 12.7. The number of carbonyl (C=O) groups is 1. The highest BCUT2D eigenvalue weighted by molar-refractivity contribution is 7.90. The first kappa shape index (κ1) is 18.0. The molecule has 4 rings (SSSR count). The van der Waals surface area contributed by atoms with Crippen LogP contribution in [0, 0.1) is 6.92 Å². The van der Waals surface area contributed by atoms with Gasteiger partial charge in [0, 0.05) is 16.9 Å². The van der Waals surface area contributed by atoms with E-state index in [1.165, 1.54) is 24.4 Å². The standard InChI is InChI=1S/C17H12Cl2N4O3S/c1-9-21-16(17(24)22-11-4-5-20-15(19)7-11)13-8-27(25,26)14-3-2-10(18)6-12(14)23(9)13/h2-7H,8H2,1H3,(H,20,22,24). The number of nitrogens with zero attached hydrogens (tertiary/aromatic N) is 3. The number of sulfone groups is 1. The van der Waals surface area contributed by atoms with E-state index in [9.17, 15) is 13.2 Å². The van der Waals surface area contributed by atoms with E-state index in [1.807, 2.05) is 0 Å². The minimum atomic E-state index is -3.63. The fourth-order valence-corrected chi connectivity index (χ4v) is 4.93. The molecule has 7 nitrogen and oxygen atoms in total. The molecule has 27 heavy (non-hydrogen) atoms. The predicted molar refractivity (Wildman–Crippen MR) is 101 cm³/mol. The average Bonchev–Trinajstić information content (AvgIpc) is 2.90. The van der Waals surface area contributed by atoms with E-state index in [4.69, 9.17) is 23.2 Å². The summed E-state index contributed by atoms with van der Waals surface area (Å²) >= 11 is 11.9. The number of imidazole rings is 1. The second kappa shape index (κ2) is 6.33. The Balaban J connectivity index is 1.83. The summed E-state index contributed by atoms with van der Waals surface area (Å²) in [5, 5.41) is 3.28. The van der Waals surface area contributed by atoms with Gasteiger partial charge < -0.3 is 5.32 Å². The Morgan fingerprint density at radius 3 is 2.74 bits per heavy atom. The van der Waals surface area contributed by atoms with Crippen LogP contribution in [-0.2, 0) is 15.6 Å². The van der Waals surface area contributed by atoms with E-state index in [2.05, 4.69) is 15.3 Å². The lowest BCUT2D eigenvalue weighted by Gasteiger charge is -2.21. The molecule has 0 unspecified atom stereocenters. The summed E-state index contributed by atoms with van der Waals surface area (Å²) in [7, 11) is -3.63. The number of fused-ring (bicyclic) bond motifs is 3. The predicted octanol–water partition coefficient (Wildman–Crippen LogP) is 3.42. The molecule has 138 valence electrons. The van der Waals surface area contributed by atoms with Gasteiger partial charge in [-0.25, -0.2) is 18.4 Å². The second-order valence-corrected chi connectivity index (χ2v) is 8.76. The topological polar surface area (TPSA) is 93.9 Å². The summed E-state index contributed by atoms with van der Waals surface area (Å²) < 4.78 is 27.0. The molecule has 0 saturated carbocycles. The smallest absolute Gasteiger partial charge is 0.276 e. The van der Waals surface area contributed by atoms with Crippen molar-refractivity contribution in [3.05, 3.63) is 63.9 Å². The quantitative estimate of drug-likeness (QED) is 0.638. The van der Waals surface area contributed by atoms with Gasteiger partial charge in [-0.15, -0.1) is 0 Å². The Bertz CT molecular complexity index is 1200. The summed E-state index contributed by atoms with van der Waals surface area (Å²) in [5.74, 6) is -0.376. The molecule has 1 aliphatic rings. The number of amides is 1. The maximum absolute atomic E-state index is 12.7. The minimum Gasteiger partial charge on any atom is -0.320 e. The average molecular weight is 423 g/mol. The first-order chi connectivity index (χ1) is 12.8. The molecule has 0 fully saturated rings. The van der Waals surface area contributed by atoms with Gasteiger partial charge >= 0.3 is 0 Å². The summed E-state index contributed by atoms with van der Waals surface area (Å²) in [6, 6.07) is 7.60. The van der Waals surface area contributed by atoms with Gasteiger partial charge in [-0.3, -0.25) is 9.36 Å². The molecule has 0 bridgehead atoms. The fraction of sp³-hybridized carbons (Fsp3) is 0.118. The Morgan fingerprint density at radius 1 is 1.22 bits per heavy atom. The number of halogens is 2. The molecule has 0 spiro atoms. The van der Waals surface area contributed by atoms with Crippen LogP contribution >= 0.6 is 23.2 Å². The van der Waals surface area contributed by atoms with Crippen molar-refractivity contribution < 1.29 is 13.2 Å². The van der Waals surface area contributed by atoms with Crippen molar-refractivity contribution in [3.8, 4) is 5.69 Å². The van der Waals surface area contributed by atoms with E-state index >= 15 is 0 Å². The molecule has 3 heterocycles. The highest BCUT2D eigenvalue weighted by Crippen LogP contribution is 2.35. The zero-order valence-electron chi connectivity index (χ0n) is 13.9. The number of aryl methyl sites for hydroxylation is 1. The maximum Gasteiger partial charge on any atom is 0.276 e. The van der Waals surface area contributed by atoms with Crippen molar-refractivity contribution in [3.63, 3.8) is 0 Å². The number of nitrogens with one attached hydrogen (secondary N) is 1. The van der Waals surface area contributed by atoms with Crippen LogP contribution in [0.4, 0.5) is 5.69 Å². The number of pyridine rings is 1. The summed E-state index contributed by atoms with van der Waals surface area (Å²) in [6.07, 6.45) is 1.45. The number of hydrogen-bond acceptors (Lipinski definition) is 5. The van der Waals surface area contributed by atoms with Gasteiger partial charge in [0.15, 0.2) is 15.5 Å². The molecule has 0 aliphatic carbocycles. The molecule has 1 aromatic carbocycles. The van der Waals surface area contributed by atoms with Crippen LogP contribution in [0.15, 0.2) is 41.4 Å². The first-order valence-corrected chi connectivity index (χ1v) is 10.2. The Hall–Kier alpha value is -2.42. The summed E-state index contributed by atoms with van der Waals surface area (Å²) in [4.78, 5) is 21.0. The number of carbonyl (C=O) groups excluding carboxylic acids is 1. The Labute approximate surface area is 164 Å². The molecular formula is C17H12Cl2N4O3S. The van der Waals surface area contributed by atoms with Gasteiger partial charge in [0.2, 0.25) is 0 Å². The normalized spacial score (nSPS) is 14.3. The molecule has 1 N–H and O–H groups in total. The third-order valence-electron chi connectivity index (χ3n) is 4.16. The Morgan fingerprint density at radius 2 is 2.00 bits per heavy atom. The van der Waals surface area contributed by atoms with Crippen LogP contribution in [0.3, 0.4) is 0 Å². The highest BCUT2D eigenvalue weighted by Gasteiger charge is 2.34. The van der Waals surface area contributed by atoms with Gasteiger partial charge in [0.1, 0.15) is 11.0 Å². The third-order valence-corrected chi connectivity index (χ3v) is 6.27. The lowest BCUT2D eigenvalue weighted by Crippen LogP contribution is -2.22. The largest absolute Gasteiger partial charge is 0.320 e. The molecule has 3 aromatic rings. The number of rotatable bonds is 2. The van der Waals surface area contributed by atoms with Crippen LogP contribution < -0.4 is 5.32 Å². The first-order valence-electron chi connectivity index (χ1n) is 7.80. The van der Waals surface area contributed by atoms with E-state index in [0.29, 0.717) is 27.9 Å². The molecule has 2 aromatic heterocycles. The van der Waals surface area contributed by atoms with Gasteiger partial charge in [-0.2, -0.15) is 0 Å². The van der Waals surface area contributed by atoms with Crippen LogP contribution in [0.5, 0.6) is 0 Å². The molecule has 10 heteroatoms. The van der Waals surface area contributed by atoms with Crippen LogP contribution in [-0.4, -0.2) is 28.9 Å². The monoisotopic (exact) mass is 422 g/mol. The van der Waals surface area contributed by atoms with E-state index in [-0.39, 0.29) is 21.5 Å². The Kier molecular flexibility index (Phi) is 4.21. The highest BCUT2D eigenvalue weighted by atomic mass is 35.5. The van der Waals surface area contributed by atoms with E-state index < -0.39 is 15.7 Å². The van der Waals surface area contributed by atoms with Crippen molar-refractivity contribution in [1.82, 2.24) is 14.5 Å². The van der Waals surface area contributed by atoms with Crippen molar-refractivity contribution in [2.75, 3.05) is 5.32 Å². The second-order valence-electron chi connectivity index (χ2n) is 5.98. The lowest BCUT2D eigenvalue weighted by molar-refractivity contribution is 0.102. The number of benzene rings is 1. The molecule has 0 radical (unpaired) electrons. The van der Waals surface area contributed by atoms with Gasteiger partial charge in [-0.05, 0) is 37.3 Å². The van der Waals surface area contributed by atoms with Crippen molar-refractivity contribution in [2.45, 2.75) is 17.6 Å². The van der Waals surface area contributed by atoms with Crippen molar-refractivity contribution in [2.24, 2.45) is 0 Å². The number of anilines is 1. The SMILES string of the molecule is Cc1nc(C(=O)Nc2ccnc(Cl)c2)c2n1-c1cc(Cl)ccc1S(=O)(=O)C2. The molecule has 0 saturated heterocycles. The summed E-state index contributed by atoms with van der Waals surface area (Å²) in [6.45, 7) is 1.70. The third kappa shape index (κ3) is 3.09. The van der Waals surface area contributed by atoms with Crippen LogP contribution in [0.25, 0.3) is 5.69 Å². The molecular weight excluding hydrogens is 411 g/mol. The van der Waals surface area contributed by atoms with Gasteiger partial charge in [0.25, 0.3) is 5.91 Å². The number of aromatic nitrogens is 3. The van der Waals surface area contributed by atoms with Crippen molar-refractivity contribution >= 4 is 44.6 Å². The molecule has 1 aliphatic heterocycles. The van der Waals surface area contributed by atoms with E-state index in [1.54, 1.807) is 23.6 Å². The summed E-state index contributed by atoms with van der Waals surface area (Å²) in [5.41, 5.74) is 1.15. The van der Waals surface area contributed by atoms with Crippen LogP contribution in [0.1, 0.15) is 22.0 Å². The molecule has 1 amide bonds.